The third-order valence-electron chi connectivity index (χ3n) is 2.58. The summed E-state index contributed by atoms with van der Waals surface area (Å²) in [6.07, 6.45) is 0.379. The van der Waals surface area contributed by atoms with Crippen LogP contribution in [0.1, 0.15) is 43.6 Å². The number of Topliss-reactive ketones (excluding diaryl/α,β-unsaturated/α-hetero) is 1. The number of hydrogen-bond acceptors (Lipinski definition) is 3. The summed E-state index contributed by atoms with van der Waals surface area (Å²) < 4.78 is 0. The van der Waals surface area contributed by atoms with Gasteiger partial charge in [-0.3, -0.25) is 4.79 Å². The van der Waals surface area contributed by atoms with Gasteiger partial charge in [0.1, 0.15) is 0 Å². The molecule has 0 amide bonds. The molecule has 4 N–H and O–H groups in total. The van der Waals surface area contributed by atoms with Crippen LogP contribution in [0.4, 0.5) is 11.4 Å². The zero-order valence-corrected chi connectivity index (χ0v) is 13.4. The van der Waals surface area contributed by atoms with E-state index in [0.29, 0.717) is 23.4 Å². The molecule has 0 atom stereocenters. The zero-order chi connectivity index (χ0) is 16.3. The molecule has 0 bridgehead atoms. The van der Waals surface area contributed by atoms with Gasteiger partial charge in [-0.25, -0.2) is 0 Å². The van der Waals surface area contributed by atoms with Gasteiger partial charge >= 0.3 is 0 Å². The normalized spacial score (nSPS) is 8.76. The van der Waals surface area contributed by atoms with Crippen molar-refractivity contribution in [3.8, 4) is 0 Å². The van der Waals surface area contributed by atoms with Crippen LogP contribution < -0.4 is 11.5 Å². The minimum atomic E-state index is 0.0785. The molecule has 0 unspecified atom stereocenters. The molecule has 0 fully saturated rings. The number of nitrogen functional groups attached to an aromatic ring is 2. The Kier molecular flexibility index (Phi) is 9.35. The number of ketones is 1. The van der Waals surface area contributed by atoms with Crippen LogP contribution in [-0.4, -0.2) is 5.78 Å². The fourth-order valence-corrected chi connectivity index (χ4v) is 1.59. The number of carbonyl (C=O) groups is 1. The Morgan fingerprint density at radius 3 is 1.57 bits per heavy atom. The largest absolute Gasteiger partial charge is 0.399 e. The van der Waals surface area contributed by atoms with E-state index in [0.717, 1.165) is 5.56 Å². The highest BCUT2D eigenvalue weighted by atomic mass is 16.1. The quantitative estimate of drug-likeness (QED) is 0.652. The van der Waals surface area contributed by atoms with Crippen molar-refractivity contribution in [2.24, 2.45) is 0 Å². The molecule has 3 heteroatoms. The second-order valence-corrected chi connectivity index (χ2v) is 3.96. The molecule has 21 heavy (non-hydrogen) atoms. The van der Waals surface area contributed by atoms with Crippen molar-refractivity contribution in [2.75, 3.05) is 11.5 Å². The summed E-state index contributed by atoms with van der Waals surface area (Å²) in [4.78, 5) is 11.9. The Bertz CT molecular complexity index is 516. The monoisotopic (exact) mass is 286 g/mol. The molecule has 114 valence electrons. The van der Waals surface area contributed by atoms with Crippen molar-refractivity contribution in [3.63, 3.8) is 0 Å². The summed E-state index contributed by atoms with van der Waals surface area (Å²) in [5, 5.41) is 0. The lowest BCUT2D eigenvalue weighted by atomic mass is 10.0. The molecule has 0 saturated heterocycles. The maximum atomic E-state index is 11.9. The highest BCUT2D eigenvalue weighted by Crippen LogP contribution is 2.11. The molecule has 0 radical (unpaired) electrons. The van der Waals surface area contributed by atoms with E-state index in [2.05, 4.69) is 0 Å². The van der Waals surface area contributed by atoms with Gasteiger partial charge in [0.05, 0.1) is 0 Å². The van der Waals surface area contributed by atoms with E-state index in [1.54, 1.807) is 36.4 Å². The van der Waals surface area contributed by atoms with Gasteiger partial charge in [0.2, 0.25) is 0 Å². The number of anilines is 2. The van der Waals surface area contributed by atoms with Crippen LogP contribution in [0.25, 0.3) is 0 Å². The molecule has 2 rings (SSSR count). The lowest BCUT2D eigenvalue weighted by Gasteiger charge is -2.02. The predicted molar refractivity (Wildman–Crippen MR) is 92.4 cm³/mol. The van der Waals surface area contributed by atoms with Gasteiger partial charge < -0.3 is 11.5 Å². The van der Waals surface area contributed by atoms with E-state index in [9.17, 15) is 4.79 Å². The summed E-state index contributed by atoms with van der Waals surface area (Å²) in [5.41, 5.74) is 14.2. The maximum Gasteiger partial charge on any atom is 0.167 e. The van der Waals surface area contributed by atoms with Crippen molar-refractivity contribution < 1.29 is 4.79 Å². The van der Waals surface area contributed by atoms with Gasteiger partial charge in [0, 0.05) is 23.4 Å². The molecule has 2 aromatic rings. The third kappa shape index (κ3) is 6.61. The van der Waals surface area contributed by atoms with Crippen LogP contribution in [0.3, 0.4) is 0 Å². The Balaban J connectivity index is 0.000000921. The van der Waals surface area contributed by atoms with Gasteiger partial charge in [0.15, 0.2) is 5.78 Å². The third-order valence-corrected chi connectivity index (χ3v) is 2.58. The number of rotatable bonds is 3. The molecule has 0 heterocycles. The molecule has 0 aliphatic heterocycles. The molecule has 3 nitrogen and oxygen atoms in total. The summed E-state index contributed by atoms with van der Waals surface area (Å²) in [6.45, 7) is 8.00. The van der Waals surface area contributed by atoms with Crippen molar-refractivity contribution in [3.05, 3.63) is 59.7 Å². The second-order valence-electron chi connectivity index (χ2n) is 3.96. The SMILES string of the molecule is CC.CC.Nc1ccc(CC(=O)c2ccc(N)cc2)cc1. The van der Waals surface area contributed by atoms with E-state index in [-0.39, 0.29) is 5.78 Å². The number of hydrogen-bond donors (Lipinski definition) is 2. The van der Waals surface area contributed by atoms with E-state index < -0.39 is 0 Å². The van der Waals surface area contributed by atoms with Crippen LogP contribution in [0.2, 0.25) is 0 Å². The van der Waals surface area contributed by atoms with E-state index in [4.69, 9.17) is 11.5 Å². The molecular formula is C18H26N2O. The van der Waals surface area contributed by atoms with Crippen molar-refractivity contribution in [1.29, 1.82) is 0 Å². The molecule has 0 spiro atoms. The highest BCUT2D eigenvalue weighted by molar-refractivity contribution is 5.97. The Labute approximate surface area is 128 Å². The molecule has 0 aliphatic carbocycles. The molecule has 2 aromatic carbocycles. The first-order valence-corrected chi connectivity index (χ1v) is 7.38. The topological polar surface area (TPSA) is 69.1 Å². The summed E-state index contributed by atoms with van der Waals surface area (Å²) in [6, 6.07) is 14.3. The van der Waals surface area contributed by atoms with Crippen molar-refractivity contribution in [2.45, 2.75) is 34.1 Å². The van der Waals surface area contributed by atoms with E-state index in [1.165, 1.54) is 0 Å². The van der Waals surface area contributed by atoms with E-state index >= 15 is 0 Å². The van der Waals surface area contributed by atoms with Crippen molar-refractivity contribution in [1.82, 2.24) is 0 Å². The maximum absolute atomic E-state index is 11.9. The van der Waals surface area contributed by atoms with Crippen LogP contribution in [0.5, 0.6) is 0 Å². The summed E-state index contributed by atoms with van der Waals surface area (Å²) >= 11 is 0. The minimum absolute atomic E-state index is 0.0785. The van der Waals surface area contributed by atoms with Gasteiger partial charge in [-0.1, -0.05) is 39.8 Å². The highest BCUT2D eigenvalue weighted by Gasteiger charge is 2.06. The number of benzene rings is 2. The van der Waals surface area contributed by atoms with E-state index in [1.807, 2.05) is 39.8 Å². The number of nitrogens with two attached hydrogens (primary N) is 2. The average molecular weight is 286 g/mol. The first kappa shape index (κ1) is 18.7. The van der Waals surface area contributed by atoms with Crippen LogP contribution in [-0.2, 0) is 6.42 Å². The van der Waals surface area contributed by atoms with Gasteiger partial charge in [-0.05, 0) is 42.0 Å². The fraction of sp³-hybridized carbons (Fsp3) is 0.278. The average Bonchev–Trinajstić information content (AvgIpc) is 2.54. The first-order chi connectivity index (χ1) is 10.1. The van der Waals surface area contributed by atoms with Gasteiger partial charge in [0.25, 0.3) is 0 Å². The van der Waals surface area contributed by atoms with Gasteiger partial charge in [-0.2, -0.15) is 0 Å². The second kappa shape index (κ2) is 10.5. The number of carbonyl (C=O) groups excluding carboxylic acids is 1. The molecular weight excluding hydrogens is 260 g/mol. The first-order valence-electron chi connectivity index (χ1n) is 7.38. The standard InChI is InChI=1S/C14H14N2O.2C2H6/c15-12-5-1-10(2-6-12)9-14(17)11-3-7-13(16)8-4-11;2*1-2/h1-8H,9,15-16H2;2*1-2H3. The molecule has 0 aromatic heterocycles. The smallest absolute Gasteiger partial charge is 0.167 e. The van der Waals surface area contributed by atoms with Crippen LogP contribution in [0, 0.1) is 0 Å². The zero-order valence-electron chi connectivity index (χ0n) is 13.4. The lowest BCUT2D eigenvalue weighted by molar-refractivity contribution is 0.0993. The van der Waals surface area contributed by atoms with Gasteiger partial charge in [-0.15, -0.1) is 0 Å². The molecule has 0 aliphatic rings. The predicted octanol–water partition coefficient (Wildman–Crippen LogP) is 4.33. The van der Waals surface area contributed by atoms with Crippen LogP contribution >= 0.6 is 0 Å². The Morgan fingerprint density at radius 2 is 1.14 bits per heavy atom. The summed E-state index contributed by atoms with van der Waals surface area (Å²) in [7, 11) is 0. The summed E-state index contributed by atoms with van der Waals surface area (Å²) in [5.74, 6) is 0.0785. The molecule has 0 saturated carbocycles. The Morgan fingerprint density at radius 1 is 0.762 bits per heavy atom. The fourth-order valence-electron chi connectivity index (χ4n) is 1.59. The Hall–Kier alpha value is -2.29. The lowest BCUT2D eigenvalue weighted by Crippen LogP contribution is -2.03. The minimum Gasteiger partial charge on any atom is -0.399 e. The van der Waals surface area contributed by atoms with Crippen LogP contribution in [0.15, 0.2) is 48.5 Å². The van der Waals surface area contributed by atoms with Crippen molar-refractivity contribution >= 4 is 17.2 Å².